The molecule has 3 heteroatoms. The normalized spacial score (nSPS) is 37.6. The van der Waals surface area contributed by atoms with Crippen LogP contribution < -0.4 is 10.6 Å². The number of amides is 1. The summed E-state index contributed by atoms with van der Waals surface area (Å²) in [4.78, 5) is 11.4. The predicted molar refractivity (Wildman–Crippen MR) is 42.2 cm³/mol. The van der Waals surface area contributed by atoms with Crippen LogP contribution in [0.4, 0.5) is 0 Å². The molecule has 0 bridgehead atoms. The van der Waals surface area contributed by atoms with Gasteiger partial charge in [0.2, 0.25) is 5.91 Å². The Kier molecular flexibility index (Phi) is 1.60. The molecule has 2 fully saturated rings. The quantitative estimate of drug-likeness (QED) is 0.516. The summed E-state index contributed by atoms with van der Waals surface area (Å²) in [6, 6.07) is 0. The maximum absolute atomic E-state index is 11.4. The van der Waals surface area contributed by atoms with Crippen molar-refractivity contribution in [2.24, 2.45) is 0 Å². The van der Waals surface area contributed by atoms with E-state index in [0.717, 1.165) is 32.4 Å². The molecule has 0 radical (unpaired) electrons. The lowest BCUT2D eigenvalue weighted by atomic mass is 9.83. The molecule has 0 saturated carbocycles. The van der Waals surface area contributed by atoms with Gasteiger partial charge in [0.15, 0.2) is 0 Å². The number of hydrogen-bond acceptors (Lipinski definition) is 2. The van der Waals surface area contributed by atoms with Gasteiger partial charge in [-0.3, -0.25) is 4.79 Å². The number of hydrogen-bond donors (Lipinski definition) is 2. The van der Waals surface area contributed by atoms with Crippen LogP contribution in [-0.4, -0.2) is 24.5 Å². The van der Waals surface area contributed by atoms with Crippen molar-refractivity contribution < 1.29 is 4.79 Å². The highest BCUT2D eigenvalue weighted by Crippen LogP contribution is 2.26. The van der Waals surface area contributed by atoms with Crippen molar-refractivity contribution in [1.82, 2.24) is 10.6 Å². The van der Waals surface area contributed by atoms with Gasteiger partial charge in [-0.1, -0.05) is 0 Å². The Balaban J connectivity index is 2.09. The number of rotatable bonds is 0. The third-order valence-electron chi connectivity index (χ3n) is 2.77. The molecule has 0 aromatic rings. The lowest BCUT2D eigenvalue weighted by Gasteiger charge is -2.40. The van der Waals surface area contributed by atoms with E-state index in [1.165, 1.54) is 6.42 Å². The third-order valence-corrected chi connectivity index (χ3v) is 2.77. The molecule has 0 aromatic heterocycles. The fraction of sp³-hybridized carbons (Fsp3) is 0.875. The molecule has 3 nitrogen and oxygen atoms in total. The number of carbonyl (C=O) groups excluding carboxylic acids is 1. The van der Waals surface area contributed by atoms with Gasteiger partial charge in [-0.05, 0) is 32.2 Å². The van der Waals surface area contributed by atoms with Gasteiger partial charge in [-0.2, -0.15) is 0 Å². The molecule has 2 aliphatic heterocycles. The maximum atomic E-state index is 11.4. The fourth-order valence-corrected chi connectivity index (χ4v) is 1.87. The molecular formula is C8H14N2O. The lowest BCUT2D eigenvalue weighted by Crippen LogP contribution is -2.64. The van der Waals surface area contributed by atoms with Crippen LogP contribution in [0.5, 0.6) is 0 Å². The van der Waals surface area contributed by atoms with E-state index >= 15 is 0 Å². The first-order valence-corrected chi connectivity index (χ1v) is 4.37. The zero-order valence-electron chi connectivity index (χ0n) is 6.65. The van der Waals surface area contributed by atoms with Gasteiger partial charge in [0.1, 0.15) is 0 Å². The van der Waals surface area contributed by atoms with Gasteiger partial charge >= 0.3 is 0 Å². The molecule has 2 rings (SSSR count). The summed E-state index contributed by atoms with van der Waals surface area (Å²) in [5, 5.41) is 6.17. The molecular weight excluding hydrogens is 140 g/mol. The van der Waals surface area contributed by atoms with Gasteiger partial charge < -0.3 is 10.6 Å². The monoisotopic (exact) mass is 154 g/mol. The van der Waals surface area contributed by atoms with E-state index in [9.17, 15) is 4.79 Å². The van der Waals surface area contributed by atoms with E-state index in [4.69, 9.17) is 0 Å². The molecule has 1 atom stereocenters. The van der Waals surface area contributed by atoms with Crippen molar-refractivity contribution in [3.8, 4) is 0 Å². The standard InChI is InChI=1S/C8H14N2O/c11-7-8(4-6-10-8)3-1-2-5-9-7/h10H,1-6H2,(H,9,11). The summed E-state index contributed by atoms with van der Waals surface area (Å²) in [5.74, 6) is 0.223. The Hall–Kier alpha value is -0.570. The lowest BCUT2D eigenvalue weighted by molar-refractivity contribution is -0.130. The van der Waals surface area contributed by atoms with Crippen LogP contribution in [0.1, 0.15) is 25.7 Å². The molecule has 2 aliphatic rings. The van der Waals surface area contributed by atoms with Crippen molar-refractivity contribution in [1.29, 1.82) is 0 Å². The van der Waals surface area contributed by atoms with Crippen molar-refractivity contribution in [3.63, 3.8) is 0 Å². The Morgan fingerprint density at radius 1 is 1.18 bits per heavy atom. The molecule has 62 valence electrons. The highest BCUT2D eigenvalue weighted by Gasteiger charge is 2.43. The van der Waals surface area contributed by atoms with E-state index in [1.54, 1.807) is 0 Å². The van der Waals surface area contributed by atoms with Crippen LogP contribution in [0, 0.1) is 0 Å². The van der Waals surface area contributed by atoms with Crippen molar-refractivity contribution in [2.75, 3.05) is 13.1 Å². The van der Waals surface area contributed by atoms with E-state index in [2.05, 4.69) is 10.6 Å². The molecule has 0 aromatic carbocycles. The molecule has 11 heavy (non-hydrogen) atoms. The highest BCUT2D eigenvalue weighted by molar-refractivity contribution is 5.87. The summed E-state index contributed by atoms with van der Waals surface area (Å²) in [6.45, 7) is 1.87. The minimum absolute atomic E-state index is 0.156. The smallest absolute Gasteiger partial charge is 0.240 e. The Morgan fingerprint density at radius 3 is 2.64 bits per heavy atom. The average molecular weight is 154 g/mol. The molecule has 2 heterocycles. The topological polar surface area (TPSA) is 41.1 Å². The zero-order valence-corrected chi connectivity index (χ0v) is 6.65. The second-order valence-corrected chi connectivity index (χ2v) is 3.47. The van der Waals surface area contributed by atoms with Crippen LogP contribution in [0.25, 0.3) is 0 Å². The zero-order chi connectivity index (χ0) is 7.73. The molecule has 1 spiro atoms. The Labute approximate surface area is 66.5 Å². The third kappa shape index (κ3) is 1.03. The molecule has 2 saturated heterocycles. The van der Waals surface area contributed by atoms with Crippen LogP contribution in [-0.2, 0) is 4.79 Å². The maximum Gasteiger partial charge on any atom is 0.240 e. The summed E-state index contributed by atoms with van der Waals surface area (Å²) in [6.07, 6.45) is 4.36. The highest BCUT2D eigenvalue weighted by atomic mass is 16.2. The van der Waals surface area contributed by atoms with Gasteiger partial charge in [0.25, 0.3) is 0 Å². The molecule has 1 unspecified atom stereocenters. The first kappa shape index (κ1) is 7.10. The van der Waals surface area contributed by atoms with Gasteiger partial charge in [-0.15, -0.1) is 0 Å². The summed E-state index contributed by atoms with van der Waals surface area (Å²) >= 11 is 0. The molecule has 1 amide bonds. The molecule has 0 aliphatic carbocycles. The van der Waals surface area contributed by atoms with Crippen molar-refractivity contribution >= 4 is 5.91 Å². The SMILES string of the molecule is O=C1NCCCCC12CCN2. The minimum atomic E-state index is -0.156. The van der Waals surface area contributed by atoms with Crippen LogP contribution in [0.3, 0.4) is 0 Å². The van der Waals surface area contributed by atoms with E-state index in [-0.39, 0.29) is 11.4 Å². The Bertz CT molecular complexity index is 175. The van der Waals surface area contributed by atoms with Gasteiger partial charge in [0, 0.05) is 6.54 Å². The second kappa shape index (κ2) is 2.48. The number of carbonyl (C=O) groups is 1. The fourth-order valence-electron chi connectivity index (χ4n) is 1.87. The van der Waals surface area contributed by atoms with Crippen LogP contribution >= 0.6 is 0 Å². The first-order chi connectivity index (χ1) is 5.33. The number of nitrogens with one attached hydrogen (secondary N) is 2. The summed E-state index contributed by atoms with van der Waals surface area (Å²) in [5.41, 5.74) is -0.156. The van der Waals surface area contributed by atoms with Gasteiger partial charge in [-0.25, -0.2) is 0 Å². The Morgan fingerprint density at radius 2 is 2.00 bits per heavy atom. The van der Waals surface area contributed by atoms with E-state index in [1.807, 2.05) is 0 Å². The first-order valence-electron chi connectivity index (χ1n) is 4.37. The van der Waals surface area contributed by atoms with Gasteiger partial charge in [0.05, 0.1) is 5.54 Å². The largest absolute Gasteiger partial charge is 0.354 e. The summed E-state index contributed by atoms with van der Waals surface area (Å²) in [7, 11) is 0. The van der Waals surface area contributed by atoms with Crippen LogP contribution in [0.15, 0.2) is 0 Å². The predicted octanol–water partition coefficient (Wildman–Crippen LogP) is 0.0186. The molecule has 2 N–H and O–H groups in total. The van der Waals surface area contributed by atoms with Crippen molar-refractivity contribution in [3.05, 3.63) is 0 Å². The van der Waals surface area contributed by atoms with E-state index in [0.29, 0.717) is 0 Å². The van der Waals surface area contributed by atoms with E-state index < -0.39 is 0 Å². The minimum Gasteiger partial charge on any atom is -0.354 e. The van der Waals surface area contributed by atoms with Crippen LogP contribution in [0.2, 0.25) is 0 Å². The average Bonchev–Trinajstić information content (AvgIpc) is 2.09. The summed E-state index contributed by atoms with van der Waals surface area (Å²) < 4.78 is 0. The second-order valence-electron chi connectivity index (χ2n) is 3.47. The van der Waals surface area contributed by atoms with Crippen molar-refractivity contribution in [2.45, 2.75) is 31.2 Å².